The van der Waals surface area contributed by atoms with Crippen LogP contribution in [0.5, 0.6) is 0 Å². The second-order valence-corrected chi connectivity index (χ2v) is 4.70. The molecule has 100 valence electrons. The van der Waals surface area contributed by atoms with Crippen LogP contribution in [0.3, 0.4) is 0 Å². The van der Waals surface area contributed by atoms with Crippen LogP contribution in [0.2, 0.25) is 0 Å². The van der Waals surface area contributed by atoms with Gasteiger partial charge in [-0.2, -0.15) is 13.2 Å². The predicted octanol–water partition coefficient (Wildman–Crippen LogP) is 3.23. The Bertz CT molecular complexity index is 531. The summed E-state index contributed by atoms with van der Waals surface area (Å²) >= 11 is 1.18. The fourth-order valence-electron chi connectivity index (χ4n) is 1.36. The molecule has 0 aromatic carbocycles. The Hall–Kier alpha value is -1.63. The molecular weight excluding hydrogens is 275 g/mol. The van der Waals surface area contributed by atoms with E-state index in [1.807, 2.05) is 18.2 Å². The van der Waals surface area contributed by atoms with Crippen molar-refractivity contribution >= 4 is 11.8 Å². The molecule has 0 unspecified atom stereocenters. The van der Waals surface area contributed by atoms with Crippen molar-refractivity contribution in [3.8, 4) is 0 Å². The number of halogens is 3. The van der Waals surface area contributed by atoms with E-state index in [1.54, 1.807) is 6.20 Å². The van der Waals surface area contributed by atoms with Gasteiger partial charge in [0.1, 0.15) is 5.69 Å². The molecule has 7 heteroatoms. The molecule has 2 aromatic rings. The summed E-state index contributed by atoms with van der Waals surface area (Å²) in [7, 11) is 0. The van der Waals surface area contributed by atoms with Crippen molar-refractivity contribution in [2.45, 2.75) is 17.8 Å². The molecule has 0 radical (unpaired) electrons. The van der Waals surface area contributed by atoms with E-state index < -0.39 is 11.9 Å². The van der Waals surface area contributed by atoms with Gasteiger partial charge >= 0.3 is 6.18 Å². The van der Waals surface area contributed by atoms with Crippen molar-refractivity contribution in [3.05, 3.63) is 48.0 Å². The van der Waals surface area contributed by atoms with Crippen LogP contribution in [0.15, 0.2) is 41.8 Å². The highest BCUT2D eigenvalue weighted by atomic mass is 32.2. The first kappa shape index (κ1) is 13.8. The summed E-state index contributed by atoms with van der Waals surface area (Å²) in [6.45, 7) is 0. The summed E-state index contributed by atoms with van der Waals surface area (Å²) in [5.74, 6) is 0.582. The van der Waals surface area contributed by atoms with E-state index in [2.05, 4.69) is 15.0 Å². The number of pyridine rings is 1. The van der Waals surface area contributed by atoms with Crippen LogP contribution >= 0.6 is 11.8 Å². The lowest BCUT2D eigenvalue weighted by molar-refractivity contribution is -0.141. The van der Waals surface area contributed by atoms with Gasteiger partial charge in [-0.15, -0.1) is 0 Å². The number of aromatic nitrogens is 3. The van der Waals surface area contributed by atoms with Crippen molar-refractivity contribution in [2.75, 3.05) is 5.75 Å². The summed E-state index contributed by atoms with van der Waals surface area (Å²) in [5, 5.41) is 0.130. The quantitative estimate of drug-likeness (QED) is 0.638. The molecule has 0 atom stereocenters. The Balaban J connectivity index is 1.93. The SMILES string of the molecule is FC(F)(F)c1ccnc(SCCc2ccccn2)n1. The van der Waals surface area contributed by atoms with Crippen LogP contribution in [0.25, 0.3) is 0 Å². The Morgan fingerprint density at radius 1 is 1.05 bits per heavy atom. The molecule has 0 spiro atoms. The maximum Gasteiger partial charge on any atom is 0.433 e. The largest absolute Gasteiger partial charge is 0.433 e. The van der Waals surface area contributed by atoms with Gasteiger partial charge in [-0.3, -0.25) is 4.98 Å². The zero-order chi connectivity index (χ0) is 13.7. The minimum absolute atomic E-state index is 0.130. The molecule has 3 nitrogen and oxygen atoms in total. The van der Waals surface area contributed by atoms with Crippen LogP contribution in [0, 0.1) is 0 Å². The van der Waals surface area contributed by atoms with E-state index in [4.69, 9.17) is 0 Å². The van der Waals surface area contributed by atoms with E-state index >= 15 is 0 Å². The Morgan fingerprint density at radius 3 is 2.58 bits per heavy atom. The number of alkyl halides is 3. The zero-order valence-electron chi connectivity index (χ0n) is 9.76. The first-order chi connectivity index (χ1) is 9.05. The molecule has 0 aliphatic heterocycles. The summed E-state index contributed by atoms with van der Waals surface area (Å²) in [6.07, 6.45) is -0.968. The van der Waals surface area contributed by atoms with Crippen molar-refractivity contribution < 1.29 is 13.2 Å². The number of hydrogen-bond acceptors (Lipinski definition) is 4. The van der Waals surface area contributed by atoms with Gasteiger partial charge in [-0.1, -0.05) is 17.8 Å². The predicted molar refractivity (Wildman–Crippen MR) is 65.7 cm³/mol. The van der Waals surface area contributed by atoms with Crippen molar-refractivity contribution in [2.24, 2.45) is 0 Å². The standard InChI is InChI=1S/C12H10F3N3S/c13-12(14,15)10-4-7-17-11(18-10)19-8-5-9-3-1-2-6-16-9/h1-4,6-7H,5,8H2. The maximum atomic E-state index is 12.4. The highest BCUT2D eigenvalue weighted by molar-refractivity contribution is 7.99. The smallest absolute Gasteiger partial charge is 0.261 e. The van der Waals surface area contributed by atoms with Gasteiger partial charge in [0.15, 0.2) is 5.16 Å². The van der Waals surface area contributed by atoms with Crippen molar-refractivity contribution in [1.29, 1.82) is 0 Å². The maximum absolute atomic E-state index is 12.4. The monoisotopic (exact) mass is 285 g/mol. The normalized spacial score (nSPS) is 11.5. The Kier molecular flexibility index (Phi) is 4.36. The van der Waals surface area contributed by atoms with Crippen LogP contribution in [0.4, 0.5) is 13.2 Å². The van der Waals surface area contributed by atoms with Crippen molar-refractivity contribution in [3.63, 3.8) is 0 Å². The highest BCUT2D eigenvalue weighted by Crippen LogP contribution is 2.28. The van der Waals surface area contributed by atoms with E-state index in [0.717, 1.165) is 18.0 Å². The number of hydrogen-bond donors (Lipinski definition) is 0. The number of rotatable bonds is 4. The lowest BCUT2D eigenvalue weighted by Gasteiger charge is -2.06. The topological polar surface area (TPSA) is 38.7 Å². The van der Waals surface area contributed by atoms with Crippen LogP contribution < -0.4 is 0 Å². The zero-order valence-corrected chi connectivity index (χ0v) is 10.6. The third-order valence-corrected chi connectivity index (χ3v) is 3.10. The Morgan fingerprint density at radius 2 is 1.89 bits per heavy atom. The van der Waals surface area contributed by atoms with Crippen molar-refractivity contribution in [1.82, 2.24) is 15.0 Å². The number of aryl methyl sites for hydroxylation is 1. The summed E-state index contributed by atoms with van der Waals surface area (Å²) < 4.78 is 37.3. The van der Waals surface area contributed by atoms with Gasteiger partial charge < -0.3 is 0 Å². The Labute approximate surface area is 112 Å². The average Bonchev–Trinajstić information content (AvgIpc) is 2.39. The van der Waals surface area contributed by atoms with Gasteiger partial charge in [0.25, 0.3) is 0 Å². The molecule has 19 heavy (non-hydrogen) atoms. The molecule has 0 amide bonds. The van der Waals surface area contributed by atoms with Crippen LogP contribution in [-0.4, -0.2) is 20.7 Å². The van der Waals surface area contributed by atoms with E-state index in [9.17, 15) is 13.2 Å². The van der Waals surface area contributed by atoms with Gasteiger partial charge in [-0.25, -0.2) is 9.97 Å². The second kappa shape index (κ2) is 6.01. The van der Waals surface area contributed by atoms with Gasteiger partial charge in [0.2, 0.25) is 0 Å². The van der Waals surface area contributed by atoms with E-state index in [1.165, 1.54) is 11.8 Å². The highest BCUT2D eigenvalue weighted by Gasteiger charge is 2.32. The van der Waals surface area contributed by atoms with E-state index in [-0.39, 0.29) is 5.16 Å². The third-order valence-electron chi connectivity index (χ3n) is 2.24. The van der Waals surface area contributed by atoms with Gasteiger partial charge in [-0.05, 0) is 24.6 Å². The molecule has 2 heterocycles. The summed E-state index contributed by atoms with van der Waals surface area (Å²) in [4.78, 5) is 11.4. The lowest BCUT2D eigenvalue weighted by Crippen LogP contribution is -2.08. The van der Waals surface area contributed by atoms with E-state index in [0.29, 0.717) is 12.2 Å². The van der Waals surface area contributed by atoms with Gasteiger partial charge in [0, 0.05) is 23.8 Å². The molecule has 0 fully saturated rings. The molecule has 0 saturated carbocycles. The molecule has 2 aromatic heterocycles. The molecule has 0 N–H and O–H groups in total. The van der Waals surface area contributed by atoms with Crippen LogP contribution in [-0.2, 0) is 12.6 Å². The first-order valence-electron chi connectivity index (χ1n) is 5.48. The molecular formula is C12H10F3N3S. The second-order valence-electron chi connectivity index (χ2n) is 3.64. The third kappa shape index (κ3) is 4.20. The lowest BCUT2D eigenvalue weighted by atomic mass is 10.3. The van der Waals surface area contributed by atoms with Gasteiger partial charge in [0.05, 0.1) is 0 Å². The van der Waals surface area contributed by atoms with Crippen LogP contribution in [0.1, 0.15) is 11.4 Å². The summed E-state index contributed by atoms with van der Waals surface area (Å²) in [6, 6.07) is 6.41. The molecule has 2 rings (SSSR count). The molecule has 0 aliphatic rings. The summed E-state index contributed by atoms with van der Waals surface area (Å²) in [5.41, 5.74) is -0.0233. The first-order valence-corrected chi connectivity index (χ1v) is 6.47. The molecule has 0 aliphatic carbocycles. The fourth-order valence-corrected chi connectivity index (χ4v) is 2.15. The molecule has 0 bridgehead atoms. The minimum Gasteiger partial charge on any atom is -0.261 e. The molecule has 0 saturated heterocycles. The number of thioether (sulfide) groups is 1. The average molecular weight is 285 g/mol. The number of nitrogens with zero attached hydrogens (tertiary/aromatic N) is 3. The fraction of sp³-hybridized carbons (Fsp3) is 0.250. The minimum atomic E-state index is -4.43.